The molecular weight excluding hydrogens is 775 g/mol. The number of hydrogen-bond acceptors (Lipinski definition) is 12. The summed E-state index contributed by atoms with van der Waals surface area (Å²) in [5.74, 6) is -1.02. The molecule has 0 aliphatic carbocycles. The summed E-state index contributed by atoms with van der Waals surface area (Å²) >= 11 is 7.62. The Bertz CT molecular complexity index is 2360. The molecule has 298 valence electrons. The molecule has 2 amide bonds. The molecule has 0 radical (unpaired) electrons. The molecule has 1 N–H and O–H groups in total. The fraction of sp³-hybridized carbons (Fsp3) is 0.474. The van der Waals surface area contributed by atoms with Crippen molar-refractivity contribution in [2.45, 2.75) is 77.9 Å². The summed E-state index contributed by atoms with van der Waals surface area (Å²) in [5, 5.41) is 2.31. The number of hydrogen-bond donors (Lipinski definition) is 1. The van der Waals surface area contributed by atoms with Crippen molar-refractivity contribution in [2.24, 2.45) is 0 Å². The van der Waals surface area contributed by atoms with E-state index in [2.05, 4.69) is 21.2 Å². The van der Waals surface area contributed by atoms with E-state index >= 15 is 13.2 Å². The Hall–Kier alpha value is -4.83. The number of ether oxygens (including phenoxy) is 3. The first-order valence-corrected chi connectivity index (χ1v) is 19.1. The second kappa shape index (κ2) is 14.0. The van der Waals surface area contributed by atoms with Crippen LogP contribution in [-0.2, 0) is 14.3 Å². The number of carbonyl (C=O) groups excluding carboxylic acids is 3. The number of carbonyl (C=O) groups is 2. The molecule has 3 aliphatic rings. The van der Waals surface area contributed by atoms with Gasteiger partial charge in [-0.3, -0.25) is 5.32 Å². The van der Waals surface area contributed by atoms with Crippen LogP contribution in [0.15, 0.2) is 17.8 Å². The molecule has 2 aromatic heterocycles. The monoisotopic (exact) mass is 815 g/mol. The zero-order chi connectivity index (χ0) is 40.8. The Morgan fingerprint density at radius 2 is 1.70 bits per heavy atom. The normalized spacial score (nSPS) is 19.5. The third-order valence-electron chi connectivity index (χ3n) is 9.39. The van der Waals surface area contributed by atoms with Gasteiger partial charge in [-0.1, -0.05) is 22.9 Å². The number of amides is 2. The predicted octanol–water partition coefficient (Wildman–Crippen LogP) is 7.60. The summed E-state index contributed by atoms with van der Waals surface area (Å²) in [7, 11) is 3.71. The van der Waals surface area contributed by atoms with E-state index in [9.17, 15) is 14.4 Å². The van der Waals surface area contributed by atoms with Gasteiger partial charge in [0.15, 0.2) is 10.9 Å². The van der Waals surface area contributed by atoms with E-state index in [4.69, 9.17) is 25.8 Å². The van der Waals surface area contributed by atoms with Crippen molar-refractivity contribution in [2.75, 3.05) is 55.4 Å². The highest BCUT2D eigenvalue weighted by atomic mass is 35.5. The summed E-state index contributed by atoms with van der Waals surface area (Å²) in [5.41, 5.74) is -1.92. The Morgan fingerprint density at radius 1 is 1.00 bits per heavy atom. The molecule has 0 spiro atoms. The van der Waals surface area contributed by atoms with Crippen LogP contribution in [0.5, 0.6) is 5.88 Å². The van der Waals surface area contributed by atoms with Crippen molar-refractivity contribution < 1.29 is 41.8 Å². The number of rotatable bonds is 4. The van der Waals surface area contributed by atoms with Crippen LogP contribution < -0.4 is 19.9 Å². The fourth-order valence-corrected chi connectivity index (χ4v) is 8.52. The van der Waals surface area contributed by atoms with Crippen LogP contribution in [0.25, 0.3) is 32.2 Å². The lowest BCUT2D eigenvalue weighted by molar-refractivity contribution is 0.0133. The number of pyridine rings is 1. The van der Waals surface area contributed by atoms with Crippen LogP contribution in [0.2, 0.25) is 5.02 Å². The van der Waals surface area contributed by atoms with E-state index in [1.807, 2.05) is 30.8 Å². The first-order chi connectivity index (χ1) is 26.1. The molecule has 1 saturated heterocycles. The summed E-state index contributed by atoms with van der Waals surface area (Å²) in [4.78, 5) is 54.9. The van der Waals surface area contributed by atoms with Gasteiger partial charge in [-0.05, 0) is 68.6 Å². The molecule has 4 aromatic rings. The van der Waals surface area contributed by atoms with Crippen molar-refractivity contribution in [3.63, 3.8) is 0 Å². The Labute approximate surface area is 329 Å². The second-order valence-electron chi connectivity index (χ2n) is 16.3. The molecular formula is C38H41ClF3N7O6S. The van der Waals surface area contributed by atoms with E-state index in [0.717, 1.165) is 0 Å². The van der Waals surface area contributed by atoms with E-state index in [1.54, 1.807) is 51.3 Å². The van der Waals surface area contributed by atoms with Crippen LogP contribution in [0.3, 0.4) is 0 Å². The largest absolute Gasteiger partial charge is 0.470 e. The van der Waals surface area contributed by atoms with Gasteiger partial charge in [0.25, 0.3) is 0 Å². The molecule has 7 rings (SSSR count). The average molecular weight is 816 g/mol. The summed E-state index contributed by atoms with van der Waals surface area (Å²) in [6, 6.07) is 0.884. The number of likely N-dealkylation sites (N-methyl/N-ethyl adjacent to an activating group) is 1. The molecule has 56 heavy (non-hydrogen) atoms. The van der Waals surface area contributed by atoms with Crippen molar-refractivity contribution in [3.8, 4) is 17.0 Å². The average Bonchev–Trinajstić information content (AvgIpc) is 3.48. The number of piperazine rings is 1. The van der Waals surface area contributed by atoms with E-state index < -0.39 is 70.2 Å². The molecule has 18 heteroatoms. The smallest absolute Gasteiger partial charge is 0.413 e. The lowest BCUT2D eigenvalue weighted by Gasteiger charge is -2.53. The number of halogens is 4. The van der Waals surface area contributed by atoms with Gasteiger partial charge in [-0.2, -0.15) is 0 Å². The number of benzene rings is 2. The lowest BCUT2D eigenvalue weighted by Crippen LogP contribution is -2.64. The van der Waals surface area contributed by atoms with Gasteiger partial charge in [-0.15, -0.1) is 0 Å². The third-order valence-corrected chi connectivity index (χ3v) is 10.7. The highest BCUT2D eigenvalue weighted by Crippen LogP contribution is 2.54. The zero-order valence-electron chi connectivity index (χ0n) is 32.3. The number of aromatic nitrogens is 2. The van der Waals surface area contributed by atoms with Gasteiger partial charge >= 0.3 is 12.2 Å². The second-order valence-corrected chi connectivity index (χ2v) is 17.8. The third kappa shape index (κ3) is 7.05. The van der Waals surface area contributed by atoms with Gasteiger partial charge in [0.05, 0.1) is 40.1 Å². The first-order valence-electron chi connectivity index (χ1n) is 17.9. The summed E-state index contributed by atoms with van der Waals surface area (Å²) in [6.45, 7) is 13.0. The maximum atomic E-state index is 17.4. The van der Waals surface area contributed by atoms with Crippen LogP contribution in [-0.4, -0.2) is 108 Å². The van der Waals surface area contributed by atoms with Gasteiger partial charge in [-0.25, -0.2) is 37.5 Å². The topological polar surface area (TPSA) is 130 Å². The van der Waals surface area contributed by atoms with Gasteiger partial charge in [0.2, 0.25) is 5.88 Å². The van der Waals surface area contributed by atoms with Gasteiger partial charge in [0, 0.05) is 41.7 Å². The van der Waals surface area contributed by atoms with E-state index in [0.29, 0.717) is 35.3 Å². The SMILES string of the molecule is C[C@@H]1CN2c3c4c(nc5c(F)c(-c6c(F)cc(F)c7sc(NC(=O)OC(C)(C)C)nc67)c(Cl)cc35)O[C@H](CN(C)C)CN4C(=C=O)[C@H]2CN1C(=O)OC(C)(C)C. The number of anilines is 3. The van der Waals surface area contributed by atoms with Gasteiger partial charge in [0.1, 0.15) is 51.8 Å². The highest BCUT2D eigenvalue weighted by Gasteiger charge is 2.49. The molecule has 0 bridgehead atoms. The maximum Gasteiger partial charge on any atom is 0.413 e. The Morgan fingerprint density at radius 3 is 2.34 bits per heavy atom. The Kier molecular flexibility index (Phi) is 9.83. The maximum absolute atomic E-state index is 17.4. The quantitative estimate of drug-likeness (QED) is 0.205. The van der Waals surface area contributed by atoms with Crippen LogP contribution in [0, 0.1) is 17.5 Å². The lowest BCUT2D eigenvalue weighted by atomic mass is 9.94. The number of fused-ring (bicyclic) bond motifs is 5. The molecule has 2 aromatic carbocycles. The molecule has 3 aliphatic heterocycles. The minimum absolute atomic E-state index is 0.0217. The highest BCUT2D eigenvalue weighted by molar-refractivity contribution is 7.22. The first kappa shape index (κ1) is 39.4. The number of thiazole rings is 1. The number of nitrogens with one attached hydrogen (secondary N) is 1. The van der Waals surface area contributed by atoms with Crippen molar-refractivity contribution in [3.05, 3.63) is 40.3 Å². The van der Waals surface area contributed by atoms with E-state index in [1.165, 1.54) is 6.07 Å². The summed E-state index contributed by atoms with van der Waals surface area (Å²) < 4.78 is 65.8. The minimum Gasteiger partial charge on any atom is -0.470 e. The number of nitrogens with zero attached hydrogens (tertiary/aromatic N) is 6. The minimum atomic E-state index is -1.15. The molecule has 1 fully saturated rings. The fourth-order valence-electron chi connectivity index (χ4n) is 7.37. The molecule has 0 unspecified atom stereocenters. The Balaban J connectivity index is 1.42. The molecule has 3 atom stereocenters. The van der Waals surface area contributed by atoms with Crippen molar-refractivity contribution in [1.82, 2.24) is 19.8 Å². The van der Waals surface area contributed by atoms with Crippen LogP contribution in [0.4, 0.5) is 39.3 Å². The zero-order valence-corrected chi connectivity index (χ0v) is 33.8. The molecule has 0 saturated carbocycles. The molecule has 5 heterocycles. The summed E-state index contributed by atoms with van der Waals surface area (Å²) in [6.07, 6.45) is -1.96. The van der Waals surface area contributed by atoms with Crippen molar-refractivity contribution >= 4 is 78.7 Å². The van der Waals surface area contributed by atoms with Crippen molar-refractivity contribution in [1.29, 1.82) is 0 Å². The standard InChI is InChI=1S/C38H41ClF3N7O6S/c1-17-12-48-23(15-47(17)36(52)55-38(5,6)7)24(16-50)49-14-18(13-46(8)9)53-33-31(49)30(48)19-10-20(39)25(27(42)28(19)43-33)26-21(40)11-22(41)32-29(26)44-34(56-32)45-35(51)54-37(2,3)4/h10-11,17-18,23H,12-15H2,1-9H3,(H,44,45,51)/t17-,18-,23-/m1/s1. The predicted molar refractivity (Wildman–Crippen MR) is 208 cm³/mol. The van der Waals surface area contributed by atoms with Gasteiger partial charge < -0.3 is 33.8 Å². The van der Waals surface area contributed by atoms with Crippen LogP contribution >= 0.6 is 22.9 Å². The van der Waals surface area contributed by atoms with Crippen LogP contribution in [0.1, 0.15) is 48.5 Å². The molecule has 13 nitrogen and oxygen atoms in total. The van der Waals surface area contributed by atoms with E-state index in [-0.39, 0.29) is 62.5 Å².